The molecule has 0 radical (unpaired) electrons. The van der Waals surface area contributed by atoms with Crippen molar-refractivity contribution in [2.24, 2.45) is 0 Å². The van der Waals surface area contributed by atoms with E-state index in [1.165, 1.54) is 77.0 Å². The van der Waals surface area contributed by atoms with Crippen molar-refractivity contribution in [1.82, 2.24) is 0 Å². The van der Waals surface area contributed by atoms with Gasteiger partial charge in [0.2, 0.25) is 0 Å². The Balaban J connectivity index is 3.32. The molecule has 0 aromatic rings. The summed E-state index contributed by atoms with van der Waals surface area (Å²) in [5.74, 6) is 0. The van der Waals surface area contributed by atoms with E-state index >= 15 is 0 Å². The fourth-order valence-corrected chi connectivity index (χ4v) is 3.04. The quantitative estimate of drug-likeness (QED) is 0.136. The molecule has 4 nitrogen and oxygen atoms in total. The summed E-state index contributed by atoms with van der Waals surface area (Å²) in [6.45, 7) is 2.32. The first-order valence-electron chi connectivity index (χ1n) is 10.6. The minimum atomic E-state index is -0.196. The first kappa shape index (κ1) is 24.6. The molecule has 3 N–H and O–H groups in total. The second-order valence-corrected chi connectivity index (χ2v) is 7.43. The van der Waals surface area contributed by atoms with E-state index in [2.05, 4.69) is 19.1 Å². The fourth-order valence-electron chi connectivity index (χ4n) is 3.04. The van der Waals surface area contributed by atoms with Crippen LogP contribution in [0, 0.1) is 0 Å². The summed E-state index contributed by atoms with van der Waals surface area (Å²) in [6, 6.07) is 0. The molecule has 0 aromatic carbocycles. The zero-order valence-electron chi connectivity index (χ0n) is 16.7. The molecule has 0 aromatic heterocycles. The van der Waals surface area contributed by atoms with Crippen LogP contribution in [0.3, 0.4) is 0 Å². The monoisotopic (exact) mass is 358 g/mol. The molecule has 0 saturated heterocycles. The Morgan fingerprint density at radius 3 is 1.40 bits per heavy atom. The molecule has 25 heavy (non-hydrogen) atoms. The van der Waals surface area contributed by atoms with Crippen molar-refractivity contribution in [2.75, 3.05) is 26.7 Å². The van der Waals surface area contributed by atoms with Gasteiger partial charge in [0.15, 0.2) is 20.2 Å². The Morgan fingerprint density at radius 1 is 0.560 bits per heavy atom. The lowest BCUT2D eigenvalue weighted by molar-refractivity contribution is -0.976. The maximum Gasteiger partial charge on any atom is 0.183 e. The highest BCUT2D eigenvalue weighted by atomic mass is 16.3. The van der Waals surface area contributed by atoms with E-state index in [4.69, 9.17) is 0 Å². The van der Waals surface area contributed by atoms with E-state index in [1.54, 1.807) is 0 Å². The minimum absolute atomic E-state index is 0.0105. The second-order valence-electron chi connectivity index (χ2n) is 7.43. The first-order chi connectivity index (χ1) is 12.2. The third-order valence-electron chi connectivity index (χ3n) is 5.04. The molecule has 150 valence electrons. The molecule has 0 fully saturated rings. The Hall–Kier alpha value is -0.420. The Kier molecular flexibility index (Phi) is 18.1. The number of rotatable bonds is 19. The van der Waals surface area contributed by atoms with Crippen LogP contribution in [0.15, 0.2) is 12.2 Å². The number of aliphatic hydroxyl groups is 3. The van der Waals surface area contributed by atoms with Crippen molar-refractivity contribution in [3.05, 3.63) is 12.2 Å². The van der Waals surface area contributed by atoms with Gasteiger partial charge in [-0.3, -0.25) is 4.48 Å². The number of allylic oxidation sites excluding steroid dienone is 2. The third-order valence-corrected chi connectivity index (χ3v) is 5.04. The summed E-state index contributed by atoms with van der Waals surface area (Å²) in [5, 5.41) is 27.7. The highest BCUT2D eigenvalue weighted by molar-refractivity contribution is 4.81. The highest BCUT2D eigenvalue weighted by Crippen LogP contribution is 2.12. The molecular formula is C21H44NO3+. The number of aliphatic hydroxyl groups excluding tert-OH is 3. The molecule has 0 saturated carbocycles. The van der Waals surface area contributed by atoms with Crippen LogP contribution in [-0.4, -0.2) is 46.5 Å². The van der Waals surface area contributed by atoms with Gasteiger partial charge in [-0.25, -0.2) is 0 Å². The fraction of sp³-hybridized carbons (Fsp3) is 0.905. The second kappa shape index (κ2) is 18.4. The predicted molar refractivity (Wildman–Crippen MR) is 106 cm³/mol. The van der Waals surface area contributed by atoms with Gasteiger partial charge < -0.3 is 15.3 Å². The summed E-state index contributed by atoms with van der Waals surface area (Å²) in [6.07, 6.45) is 22.5. The average Bonchev–Trinajstić information content (AvgIpc) is 2.65. The van der Waals surface area contributed by atoms with Gasteiger partial charge in [0, 0.05) is 0 Å². The van der Waals surface area contributed by atoms with Gasteiger partial charge in [-0.15, -0.1) is 0 Å². The molecule has 0 rings (SSSR count). The van der Waals surface area contributed by atoms with Crippen molar-refractivity contribution in [1.29, 1.82) is 0 Å². The average molecular weight is 359 g/mol. The number of nitrogens with zero attached hydrogens (tertiary/aromatic N) is 1. The van der Waals surface area contributed by atoms with E-state index in [0.717, 1.165) is 12.8 Å². The smallest absolute Gasteiger partial charge is 0.183 e. The van der Waals surface area contributed by atoms with E-state index in [9.17, 15) is 15.3 Å². The number of quaternary nitrogens is 1. The number of hydrogen-bond donors (Lipinski definition) is 3. The molecule has 0 aliphatic carbocycles. The van der Waals surface area contributed by atoms with Gasteiger partial charge in [0.1, 0.15) is 0 Å². The molecule has 0 spiro atoms. The summed E-state index contributed by atoms with van der Waals surface area (Å²) in [5.41, 5.74) is 0. The zero-order chi connectivity index (χ0) is 18.6. The van der Waals surface area contributed by atoms with Crippen LogP contribution >= 0.6 is 0 Å². The van der Waals surface area contributed by atoms with Crippen LogP contribution in [0.5, 0.6) is 0 Å². The van der Waals surface area contributed by atoms with Crippen LogP contribution in [0.2, 0.25) is 0 Å². The Labute approximate surface area is 156 Å². The molecule has 0 amide bonds. The van der Waals surface area contributed by atoms with Crippen molar-refractivity contribution in [3.8, 4) is 0 Å². The molecular weight excluding hydrogens is 314 g/mol. The summed E-state index contributed by atoms with van der Waals surface area (Å²) in [4.78, 5) is 0. The largest absolute Gasteiger partial charge is 0.347 e. The lowest BCUT2D eigenvalue weighted by Crippen LogP contribution is -2.50. The molecule has 4 heteroatoms. The molecule has 0 heterocycles. The van der Waals surface area contributed by atoms with Crippen LogP contribution in [0.25, 0.3) is 0 Å². The van der Waals surface area contributed by atoms with Gasteiger partial charge >= 0.3 is 0 Å². The van der Waals surface area contributed by atoms with Crippen molar-refractivity contribution in [3.63, 3.8) is 0 Å². The van der Waals surface area contributed by atoms with E-state index < -0.39 is 0 Å². The van der Waals surface area contributed by atoms with Crippen molar-refractivity contribution < 1.29 is 19.8 Å². The first-order valence-corrected chi connectivity index (χ1v) is 10.6. The molecule has 0 aliphatic rings. The van der Waals surface area contributed by atoms with Crippen LogP contribution in [-0.2, 0) is 0 Å². The van der Waals surface area contributed by atoms with Crippen LogP contribution < -0.4 is 0 Å². The van der Waals surface area contributed by atoms with Crippen molar-refractivity contribution in [2.45, 2.75) is 96.8 Å². The molecule has 0 bridgehead atoms. The zero-order valence-corrected chi connectivity index (χ0v) is 16.7. The van der Waals surface area contributed by atoms with Gasteiger partial charge in [-0.2, -0.15) is 0 Å². The SMILES string of the molecule is CCCCCCCC/C=C\CCCCCCCC[N+](CO)(CO)CO. The molecule has 0 unspecified atom stereocenters. The van der Waals surface area contributed by atoms with Crippen LogP contribution in [0.1, 0.15) is 96.8 Å². The number of unbranched alkanes of at least 4 members (excludes halogenated alkanes) is 12. The lowest BCUT2D eigenvalue weighted by atomic mass is 10.1. The van der Waals surface area contributed by atoms with Crippen molar-refractivity contribution >= 4 is 0 Å². The molecule has 0 atom stereocenters. The van der Waals surface area contributed by atoms with E-state index in [0.29, 0.717) is 6.54 Å². The van der Waals surface area contributed by atoms with Gasteiger partial charge in [0.05, 0.1) is 6.54 Å². The number of hydrogen-bond acceptors (Lipinski definition) is 3. The predicted octanol–water partition coefficient (Wildman–Crippen LogP) is 4.69. The van der Waals surface area contributed by atoms with Gasteiger partial charge in [-0.1, -0.05) is 70.4 Å². The topological polar surface area (TPSA) is 60.7 Å². The lowest BCUT2D eigenvalue weighted by Gasteiger charge is -2.31. The third kappa shape index (κ3) is 14.4. The van der Waals surface area contributed by atoms with E-state index in [-0.39, 0.29) is 24.7 Å². The molecule has 0 aliphatic heterocycles. The normalized spacial score (nSPS) is 12.3. The summed E-state index contributed by atoms with van der Waals surface area (Å²) < 4.78 is -0.0105. The Morgan fingerprint density at radius 2 is 0.960 bits per heavy atom. The highest BCUT2D eigenvalue weighted by Gasteiger charge is 2.23. The van der Waals surface area contributed by atoms with E-state index in [1.807, 2.05) is 0 Å². The summed E-state index contributed by atoms with van der Waals surface area (Å²) in [7, 11) is 0. The maximum absolute atomic E-state index is 9.25. The van der Waals surface area contributed by atoms with Gasteiger partial charge in [-0.05, 0) is 38.5 Å². The summed E-state index contributed by atoms with van der Waals surface area (Å²) >= 11 is 0. The maximum atomic E-state index is 9.25. The van der Waals surface area contributed by atoms with Gasteiger partial charge in [0.25, 0.3) is 0 Å². The standard InChI is InChI=1S/C21H44NO3/c1-2-3-4-5-6-7-8-9-10-11-12-13-14-15-16-17-18-22(19-23,20-24)21-25/h9-10,23-25H,2-8,11-21H2,1H3/q+1/b10-9-. The Bertz CT molecular complexity index is 283. The van der Waals surface area contributed by atoms with Crippen LogP contribution in [0.4, 0.5) is 0 Å². The minimum Gasteiger partial charge on any atom is -0.347 e.